The van der Waals surface area contributed by atoms with E-state index in [0.29, 0.717) is 19.0 Å². The van der Waals surface area contributed by atoms with Crippen molar-refractivity contribution in [3.63, 3.8) is 0 Å². The van der Waals surface area contributed by atoms with E-state index in [1.807, 2.05) is 0 Å². The number of aliphatic carboxylic acids is 1. The molecule has 1 aliphatic heterocycles. The largest absolute Gasteiger partial charge is 0.481 e. The van der Waals surface area contributed by atoms with E-state index < -0.39 is 11.4 Å². The first-order chi connectivity index (χ1) is 9.68. The molecule has 3 rings (SSSR count). The van der Waals surface area contributed by atoms with E-state index in [2.05, 4.69) is 14.9 Å². The van der Waals surface area contributed by atoms with Crippen molar-refractivity contribution in [3.05, 3.63) is 24.3 Å². The lowest BCUT2D eigenvalue weighted by molar-refractivity contribution is -0.153. The molecule has 1 atom stereocenters. The maximum atomic E-state index is 11.8. The molecule has 1 unspecified atom stereocenters. The monoisotopic (exact) mass is 275 g/mol. The van der Waals surface area contributed by atoms with Gasteiger partial charge in [-0.3, -0.25) is 9.69 Å². The van der Waals surface area contributed by atoms with Gasteiger partial charge in [0.05, 0.1) is 12.0 Å². The van der Waals surface area contributed by atoms with Gasteiger partial charge in [0.15, 0.2) is 0 Å². The lowest BCUT2D eigenvalue weighted by Gasteiger charge is -2.39. The second kappa shape index (κ2) is 5.48. The summed E-state index contributed by atoms with van der Waals surface area (Å²) in [7, 11) is 0. The van der Waals surface area contributed by atoms with Gasteiger partial charge in [-0.15, -0.1) is 0 Å². The second-order valence-corrected chi connectivity index (χ2v) is 6.21. The molecule has 1 saturated carbocycles. The summed E-state index contributed by atoms with van der Waals surface area (Å²) in [6, 6.07) is 1.80. The van der Waals surface area contributed by atoms with Crippen LogP contribution in [0.3, 0.4) is 0 Å². The summed E-state index contributed by atoms with van der Waals surface area (Å²) in [4.78, 5) is 22.5. The van der Waals surface area contributed by atoms with Crippen molar-refractivity contribution < 1.29 is 9.90 Å². The average Bonchev–Trinajstić information content (AvgIpc) is 3.24. The number of aromatic nitrogens is 2. The number of carboxylic acid groups (broad SMARTS) is 1. The highest BCUT2D eigenvalue weighted by molar-refractivity contribution is 5.75. The third-order valence-corrected chi connectivity index (χ3v) is 4.47. The average molecular weight is 275 g/mol. The van der Waals surface area contributed by atoms with Gasteiger partial charge >= 0.3 is 5.97 Å². The number of likely N-dealkylation sites (tertiary alicyclic amines) is 1. The zero-order valence-electron chi connectivity index (χ0n) is 11.7. The first kappa shape index (κ1) is 13.5. The summed E-state index contributed by atoms with van der Waals surface area (Å²) >= 11 is 0. The van der Waals surface area contributed by atoms with E-state index >= 15 is 0 Å². The first-order valence-electron chi connectivity index (χ1n) is 7.40. The van der Waals surface area contributed by atoms with Gasteiger partial charge in [0.1, 0.15) is 5.82 Å². The molecule has 1 aliphatic carbocycles. The number of nitrogens with zero attached hydrogens (tertiary/aromatic N) is 3. The topological polar surface area (TPSA) is 66.3 Å². The molecule has 0 amide bonds. The molecule has 1 aromatic rings. The van der Waals surface area contributed by atoms with Crippen molar-refractivity contribution in [2.45, 2.75) is 38.6 Å². The molecule has 0 aromatic carbocycles. The Hall–Kier alpha value is -1.49. The van der Waals surface area contributed by atoms with Crippen LogP contribution in [-0.2, 0) is 11.3 Å². The number of hydrogen-bond donors (Lipinski definition) is 1. The van der Waals surface area contributed by atoms with Gasteiger partial charge in [-0.05, 0) is 37.8 Å². The van der Waals surface area contributed by atoms with Crippen LogP contribution in [0.15, 0.2) is 18.5 Å². The summed E-state index contributed by atoms with van der Waals surface area (Å²) in [5.41, 5.74) is -0.547. The minimum atomic E-state index is -0.622. The molecule has 0 bridgehead atoms. The van der Waals surface area contributed by atoms with Crippen LogP contribution in [0.4, 0.5) is 0 Å². The third kappa shape index (κ3) is 2.98. The van der Waals surface area contributed by atoms with Crippen molar-refractivity contribution in [2.75, 3.05) is 13.1 Å². The maximum absolute atomic E-state index is 11.8. The minimum absolute atomic E-state index is 0.547. The molecule has 5 heteroatoms. The number of rotatable bonds is 5. The Morgan fingerprint density at radius 1 is 1.40 bits per heavy atom. The summed E-state index contributed by atoms with van der Waals surface area (Å²) in [6.45, 7) is 2.23. The zero-order chi connectivity index (χ0) is 14.0. The fraction of sp³-hybridized carbons (Fsp3) is 0.667. The highest BCUT2D eigenvalue weighted by Crippen LogP contribution is 2.45. The van der Waals surface area contributed by atoms with Gasteiger partial charge in [-0.1, -0.05) is 12.8 Å². The second-order valence-electron chi connectivity index (χ2n) is 6.21. The summed E-state index contributed by atoms with van der Waals surface area (Å²) in [6.07, 6.45) is 8.49. The van der Waals surface area contributed by atoms with E-state index in [1.165, 1.54) is 12.8 Å². The quantitative estimate of drug-likeness (QED) is 0.889. The van der Waals surface area contributed by atoms with Crippen LogP contribution >= 0.6 is 0 Å². The lowest BCUT2D eigenvalue weighted by Crippen LogP contribution is -2.48. The van der Waals surface area contributed by atoms with Crippen LogP contribution in [0.25, 0.3) is 0 Å². The van der Waals surface area contributed by atoms with Crippen molar-refractivity contribution >= 4 is 5.97 Å². The van der Waals surface area contributed by atoms with Crippen LogP contribution in [0.2, 0.25) is 0 Å². The number of carbonyl (C=O) groups is 1. The van der Waals surface area contributed by atoms with Crippen LogP contribution in [0, 0.1) is 11.3 Å². The van der Waals surface area contributed by atoms with Crippen molar-refractivity contribution in [1.29, 1.82) is 0 Å². The summed E-state index contributed by atoms with van der Waals surface area (Å²) < 4.78 is 0. The molecule has 1 saturated heterocycles. The normalized spacial score (nSPS) is 27.4. The summed E-state index contributed by atoms with van der Waals surface area (Å²) in [5.74, 6) is 0.794. The van der Waals surface area contributed by atoms with Gasteiger partial charge in [-0.25, -0.2) is 9.97 Å². The Labute approximate surface area is 119 Å². The molecule has 1 N–H and O–H groups in total. The van der Waals surface area contributed by atoms with E-state index in [1.54, 1.807) is 18.5 Å². The molecular weight excluding hydrogens is 254 g/mol. The van der Waals surface area contributed by atoms with E-state index in [0.717, 1.165) is 31.6 Å². The Kier molecular flexibility index (Phi) is 3.70. The Morgan fingerprint density at radius 3 is 2.80 bits per heavy atom. The Bertz CT molecular complexity index is 475. The van der Waals surface area contributed by atoms with E-state index in [9.17, 15) is 9.90 Å². The molecule has 5 nitrogen and oxygen atoms in total. The smallest absolute Gasteiger partial charge is 0.310 e. The minimum Gasteiger partial charge on any atom is -0.481 e. The van der Waals surface area contributed by atoms with Crippen molar-refractivity contribution in [2.24, 2.45) is 11.3 Å². The fourth-order valence-corrected chi connectivity index (χ4v) is 3.28. The Morgan fingerprint density at radius 2 is 2.15 bits per heavy atom. The van der Waals surface area contributed by atoms with Gasteiger partial charge in [0.25, 0.3) is 0 Å². The number of piperidine rings is 1. The predicted octanol–water partition coefficient (Wildman–Crippen LogP) is 1.94. The van der Waals surface area contributed by atoms with Crippen LogP contribution in [0.1, 0.15) is 37.9 Å². The van der Waals surface area contributed by atoms with Crippen molar-refractivity contribution in [3.8, 4) is 0 Å². The van der Waals surface area contributed by atoms with Crippen LogP contribution in [0.5, 0.6) is 0 Å². The van der Waals surface area contributed by atoms with Gasteiger partial charge in [-0.2, -0.15) is 0 Å². The van der Waals surface area contributed by atoms with Gasteiger partial charge in [0.2, 0.25) is 0 Å². The molecule has 0 radical (unpaired) electrons. The third-order valence-electron chi connectivity index (χ3n) is 4.47. The SMILES string of the molecule is O=C(O)C1(CC2CC2)CCCN(Cc2ncccn2)C1. The summed E-state index contributed by atoms with van der Waals surface area (Å²) in [5, 5.41) is 9.69. The molecule has 2 aliphatic rings. The molecule has 108 valence electrons. The maximum Gasteiger partial charge on any atom is 0.310 e. The van der Waals surface area contributed by atoms with Crippen LogP contribution in [-0.4, -0.2) is 39.0 Å². The predicted molar refractivity (Wildman–Crippen MR) is 74.0 cm³/mol. The van der Waals surface area contributed by atoms with Gasteiger partial charge < -0.3 is 5.11 Å². The first-order valence-corrected chi connectivity index (χ1v) is 7.40. The molecule has 1 aromatic heterocycles. The highest BCUT2D eigenvalue weighted by atomic mass is 16.4. The zero-order valence-corrected chi connectivity index (χ0v) is 11.7. The molecular formula is C15H21N3O2. The van der Waals surface area contributed by atoms with Crippen molar-refractivity contribution in [1.82, 2.24) is 14.9 Å². The van der Waals surface area contributed by atoms with Crippen LogP contribution < -0.4 is 0 Å². The van der Waals surface area contributed by atoms with Gasteiger partial charge in [0, 0.05) is 18.9 Å². The van der Waals surface area contributed by atoms with E-state index in [-0.39, 0.29) is 0 Å². The standard InChI is InChI=1S/C15H21N3O2/c19-14(20)15(9-12-3-4-12)5-1-8-18(11-15)10-13-16-6-2-7-17-13/h2,6-7,12H,1,3-5,8-11H2,(H,19,20). The lowest BCUT2D eigenvalue weighted by atomic mass is 9.75. The fourth-order valence-electron chi connectivity index (χ4n) is 3.28. The number of carboxylic acids is 1. The molecule has 2 heterocycles. The van der Waals surface area contributed by atoms with E-state index in [4.69, 9.17) is 0 Å². The molecule has 2 fully saturated rings. The molecule has 0 spiro atoms. The highest BCUT2D eigenvalue weighted by Gasteiger charge is 2.45. The molecule has 20 heavy (non-hydrogen) atoms. The number of hydrogen-bond acceptors (Lipinski definition) is 4. The Balaban J connectivity index is 1.69.